The number of amides is 1. The van der Waals surface area contributed by atoms with Gasteiger partial charge in [0.05, 0.1) is 29.4 Å². The Bertz CT molecular complexity index is 1180. The van der Waals surface area contributed by atoms with Crippen molar-refractivity contribution in [2.75, 3.05) is 5.32 Å². The Morgan fingerprint density at radius 3 is 2.84 bits per heavy atom. The fraction of sp³-hybridized carbons (Fsp3) is 0.240. The van der Waals surface area contributed by atoms with Crippen molar-refractivity contribution in [3.63, 3.8) is 0 Å². The first-order chi connectivity index (χ1) is 15.3. The molecule has 2 aromatic heterocycles. The summed E-state index contributed by atoms with van der Waals surface area (Å²) in [6.45, 7) is 0. The number of hydrogen-bond acceptors (Lipinski definition) is 4. The number of nitrogens with one attached hydrogen (secondary N) is 1. The van der Waals surface area contributed by atoms with Crippen LogP contribution in [0, 0.1) is 0 Å². The molecule has 0 saturated carbocycles. The molecule has 2 aromatic carbocycles. The molecule has 2 heterocycles. The summed E-state index contributed by atoms with van der Waals surface area (Å²) >= 11 is 1.60. The average Bonchev–Trinajstić information content (AvgIpc) is 3.43. The number of rotatable bonds is 6. The van der Waals surface area contributed by atoms with Crippen LogP contribution in [0.1, 0.15) is 46.3 Å². The van der Waals surface area contributed by atoms with Crippen LogP contribution in [-0.2, 0) is 24.1 Å². The molecule has 1 atom stereocenters. The van der Waals surface area contributed by atoms with Crippen LogP contribution in [0.25, 0.3) is 0 Å². The van der Waals surface area contributed by atoms with Crippen molar-refractivity contribution in [3.8, 4) is 0 Å². The summed E-state index contributed by atoms with van der Waals surface area (Å²) in [7, 11) is 0. The molecule has 0 fully saturated rings. The number of thiazole rings is 1. The molecule has 31 heavy (non-hydrogen) atoms. The number of fused-ring (bicyclic) bond motifs is 1. The van der Waals surface area contributed by atoms with E-state index in [2.05, 4.69) is 51.8 Å². The van der Waals surface area contributed by atoms with Crippen LogP contribution in [0.15, 0.2) is 72.2 Å². The fourth-order valence-electron chi connectivity index (χ4n) is 4.28. The number of nitrogens with zero attached hydrogens (tertiary/aromatic N) is 3. The molecule has 1 N–H and O–H groups in total. The zero-order valence-corrected chi connectivity index (χ0v) is 18.0. The van der Waals surface area contributed by atoms with Crippen molar-refractivity contribution < 1.29 is 4.79 Å². The van der Waals surface area contributed by atoms with E-state index in [4.69, 9.17) is 0 Å². The molecule has 1 aliphatic carbocycles. The first-order valence-corrected chi connectivity index (χ1v) is 11.5. The predicted octanol–water partition coefficient (Wildman–Crippen LogP) is 5.04. The highest BCUT2D eigenvalue weighted by Crippen LogP contribution is 2.34. The lowest BCUT2D eigenvalue weighted by Crippen LogP contribution is -2.23. The Morgan fingerprint density at radius 2 is 1.94 bits per heavy atom. The third-order valence-corrected chi connectivity index (χ3v) is 6.61. The van der Waals surface area contributed by atoms with Gasteiger partial charge in [-0.15, -0.1) is 11.3 Å². The number of anilines is 1. The highest BCUT2D eigenvalue weighted by atomic mass is 32.1. The van der Waals surface area contributed by atoms with Crippen LogP contribution < -0.4 is 5.32 Å². The standard InChI is InChI=1S/C25H24N4OS/c30-24(16-20-17-31-25(27-20)15-18-7-2-1-3-8-18)28-23-13-14-26-29(23)22-12-6-10-19-9-4-5-11-21(19)22/h1-5,7-9,11,13-14,17,22H,6,10,12,15-16H2,(H,28,30)/t22-/m1/s1. The van der Waals surface area contributed by atoms with E-state index in [9.17, 15) is 4.79 Å². The minimum Gasteiger partial charge on any atom is -0.311 e. The Morgan fingerprint density at radius 1 is 1.10 bits per heavy atom. The zero-order chi connectivity index (χ0) is 21.0. The maximum Gasteiger partial charge on any atom is 0.231 e. The first-order valence-electron chi connectivity index (χ1n) is 10.6. The van der Waals surface area contributed by atoms with Gasteiger partial charge >= 0.3 is 0 Å². The summed E-state index contributed by atoms with van der Waals surface area (Å²) in [5, 5.41) is 10.6. The number of hydrogen-bond donors (Lipinski definition) is 1. The monoisotopic (exact) mass is 428 g/mol. The molecule has 0 bridgehead atoms. The molecule has 0 saturated heterocycles. The molecular formula is C25H24N4OS. The van der Waals surface area contributed by atoms with Gasteiger partial charge in [-0.3, -0.25) is 4.79 Å². The van der Waals surface area contributed by atoms with E-state index >= 15 is 0 Å². The number of carbonyl (C=O) groups is 1. The molecule has 0 radical (unpaired) electrons. The molecule has 0 unspecified atom stereocenters. The van der Waals surface area contributed by atoms with Gasteiger partial charge in [-0.25, -0.2) is 9.67 Å². The minimum absolute atomic E-state index is 0.0672. The highest BCUT2D eigenvalue weighted by molar-refractivity contribution is 7.09. The van der Waals surface area contributed by atoms with Gasteiger partial charge in [0.15, 0.2) is 0 Å². The van der Waals surface area contributed by atoms with E-state index in [1.54, 1.807) is 17.5 Å². The minimum atomic E-state index is -0.0672. The van der Waals surface area contributed by atoms with Crippen LogP contribution in [0.3, 0.4) is 0 Å². The maximum absolute atomic E-state index is 12.7. The Kier molecular flexibility index (Phi) is 5.63. The number of aromatic nitrogens is 3. The van der Waals surface area contributed by atoms with Crippen molar-refractivity contribution in [2.24, 2.45) is 0 Å². The van der Waals surface area contributed by atoms with Crippen molar-refractivity contribution >= 4 is 23.1 Å². The van der Waals surface area contributed by atoms with Crippen molar-refractivity contribution in [3.05, 3.63) is 99.6 Å². The number of aryl methyl sites for hydroxylation is 1. The van der Waals surface area contributed by atoms with Gasteiger partial charge in [-0.1, -0.05) is 54.6 Å². The van der Waals surface area contributed by atoms with Crippen molar-refractivity contribution in [1.29, 1.82) is 0 Å². The van der Waals surface area contributed by atoms with Gasteiger partial charge in [0.25, 0.3) is 0 Å². The van der Waals surface area contributed by atoms with Gasteiger partial charge in [0.1, 0.15) is 5.82 Å². The molecule has 6 heteroatoms. The third kappa shape index (κ3) is 4.44. The lowest BCUT2D eigenvalue weighted by Gasteiger charge is -2.27. The van der Waals surface area contributed by atoms with Gasteiger partial charge in [0.2, 0.25) is 5.91 Å². The fourth-order valence-corrected chi connectivity index (χ4v) is 5.11. The largest absolute Gasteiger partial charge is 0.311 e. The molecule has 5 nitrogen and oxygen atoms in total. The van der Waals surface area contributed by atoms with E-state index in [0.29, 0.717) is 0 Å². The smallest absolute Gasteiger partial charge is 0.231 e. The van der Waals surface area contributed by atoms with Crippen LogP contribution >= 0.6 is 11.3 Å². The van der Waals surface area contributed by atoms with Crippen LogP contribution in [0.4, 0.5) is 5.82 Å². The molecule has 1 aliphatic rings. The zero-order valence-electron chi connectivity index (χ0n) is 17.2. The van der Waals surface area contributed by atoms with E-state index in [0.717, 1.165) is 42.2 Å². The van der Waals surface area contributed by atoms with E-state index < -0.39 is 0 Å². The van der Waals surface area contributed by atoms with Crippen LogP contribution in [-0.4, -0.2) is 20.7 Å². The molecule has 0 aliphatic heterocycles. The highest BCUT2D eigenvalue weighted by Gasteiger charge is 2.24. The molecule has 4 aromatic rings. The predicted molar refractivity (Wildman–Crippen MR) is 123 cm³/mol. The first kappa shape index (κ1) is 19.7. The van der Waals surface area contributed by atoms with Gasteiger partial charge < -0.3 is 5.32 Å². The number of benzene rings is 2. The maximum atomic E-state index is 12.7. The molecular weight excluding hydrogens is 404 g/mol. The normalized spacial score (nSPS) is 15.4. The molecule has 1 amide bonds. The second-order valence-corrected chi connectivity index (χ2v) is 8.83. The summed E-state index contributed by atoms with van der Waals surface area (Å²) in [6, 6.07) is 20.8. The van der Waals surface area contributed by atoms with E-state index in [-0.39, 0.29) is 18.4 Å². The lowest BCUT2D eigenvalue weighted by molar-refractivity contribution is -0.115. The molecule has 0 spiro atoms. The van der Waals surface area contributed by atoms with E-state index in [1.165, 1.54) is 16.7 Å². The number of carbonyl (C=O) groups excluding carboxylic acids is 1. The van der Waals surface area contributed by atoms with Crippen LogP contribution in [0.5, 0.6) is 0 Å². The topological polar surface area (TPSA) is 59.8 Å². The van der Waals surface area contributed by atoms with Gasteiger partial charge in [-0.2, -0.15) is 5.10 Å². The summed E-state index contributed by atoms with van der Waals surface area (Å²) in [5.74, 6) is 0.675. The summed E-state index contributed by atoms with van der Waals surface area (Å²) in [5.41, 5.74) is 4.71. The second kappa shape index (κ2) is 8.86. The van der Waals surface area contributed by atoms with Crippen LogP contribution in [0.2, 0.25) is 0 Å². The lowest BCUT2D eigenvalue weighted by atomic mass is 9.88. The summed E-state index contributed by atoms with van der Waals surface area (Å²) in [4.78, 5) is 17.4. The summed E-state index contributed by atoms with van der Waals surface area (Å²) < 4.78 is 1.96. The van der Waals surface area contributed by atoms with E-state index in [1.807, 2.05) is 34.3 Å². The van der Waals surface area contributed by atoms with Crippen molar-refractivity contribution in [1.82, 2.24) is 14.8 Å². The second-order valence-electron chi connectivity index (χ2n) is 7.89. The molecule has 156 valence electrons. The van der Waals surface area contributed by atoms with Crippen molar-refractivity contribution in [2.45, 2.75) is 38.1 Å². The SMILES string of the molecule is O=C(Cc1csc(Cc2ccccc2)n1)Nc1ccnn1[C@@H]1CCCc2ccccc21. The Balaban J connectivity index is 1.26. The molecule has 5 rings (SSSR count). The van der Waals surface area contributed by atoms with Gasteiger partial charge in [-0.05, 0) is 36.0 Å². The quantitative estimate of drug-likeness (QED) is 0.468. The third-order valence-electron chi connectivity index (χ3n) is 5.71. The Labute approximate surface area is 185 Å². The summed E-state index contributed by atoms with van der Waals surface area (Å²) in [6.07, 6.45) is 6.06. The average molecular weight is 429 g/mol. The van der Waals surface area contributed by atoms with Gasteiger partial charge in [0, 0.05) is 17.9 Å². The Hall–Kier alpha value is -3.25.